The molecule has 0 bridgehead atoms. The van der Waals surface area contributed by atoms with Crippen LogP contribution in [0.3, 0.4) is 0 Å². The van der Waals surface area contributed by atoms with Gasteiger partial charge in [0.25, 0.3) is 5.91 Å². The first-order valence-corrected chi connectivity index (χ1v) is 11.5. The van der Waals surface area contributed by atoms with Crippen LogP contribution in [0.2, 0.25) is 0 Å². The summed E-state index contributed by atoms with van der Waals surface area (Å²) in [5.41, 5.74) is 3.40. The van der Waals surface area contributed by atoms with Crippen LogP contribution in [-0.4, -0.2) is 66.9 Å². The number of rotatable bonds is 7. The molecule has 1 saturated heterocycles. The first-order chi connectivity index (χ1) is 15.3. The number of hydrogen-bond acceptors (Lipinski definition) is 3. The highest BCUT2D eigenvalue weighted by Crippen LogP contribution is 2.22. The van der Waals surface area contributed by atoms with E-state index in [2.05, 4.69) is 17.1 Å². The average molecular weight is 437 g/mol. The number of nitrogens with one attached hydrogen (secondary N) is 1. The van der Waals surface area contributed by atoms with Gasteiger partial charge in [0.1, 0.15) is 0 Å². The third-order valence-corrected chi connectivity index (χ3v) is 6.11. The average Bonchev–Trinajstić information content (AvgIpc) is 2.78. The fourth-order valence-corrected chi connectivity index (χ4v) is 3.90. The Balaban J connectivity index is 1.68. The number of piperidine rings is 1. The number of likely N-dealkylation sites (tertiary alicyclic amines) is 1. The van der Waals surface area contributed by atoms with E-state index in [1.165, 1.54) is 0 Å². The van der Waals surface area contributed by atoms with Gasteiger partial charge in [-0.3, -0.25) is 4.79 Å². The minimum atomic E-state index is -0.136. The van der Waals surface area contributed by atoms with Crippen LogP contribution in [0.4, 0.5) is 10.5 Å². The zero-order chi connectivity index (χ0) is 23.1. The topological polar surface area (TPSA) is 55.9 Å². The molecule has 0 radical (unpaired) electrons. The van der Waals surface area contributed by atoms with E-state index in [-0.39, 0.29) is 11.9 Å². The van der Waals surface area contributed by atoms with Gasteiger partial charge in [0.2, 0.25) is 0 Å². The molecular formula is C26H36N4O2. The summed E-state index contributed by atoms with van der Waals surface area (Å²) in [6, 6.07) is 15.4. The van der Waals surface area contributed by atoms with Crippen molar-refractivity contribution in [1.82, 2.24) is 14.7 Å². The Bertz CT molecular complexity index is 905. The first kappa shape index (κ1) is 23.8. The van der Waals surface area contributed by atoms with Gasteiger partial charge >= 0.3 is 6.03 Å². The normalized spacial score (nSPS) is 14.5. The van der Waals surface area contributed by atoms with Crippen molar-refractivity contribution in [3.8, 4) is 0 Å². The number of aryl methyl sites for hydroxylation is 1. The van der Waals surface area contributed by atoms with E-state index in [4.69, 9.17) is 0 Å². The Morgan fingerprint density at radius 3 is 2.34 bits per heavy atom. The second-order valence-electron chi connectivity index (χ2n) is 9.15. The lowest BCUT2D eigenvalue weighted by Crippen LogP contribution is -2.39. The summed E-state index contributed by atoms with van der Waals surface area (Å²) in [5.74, 6) is 0.763. The van der Waals surface area contributed by atoms with E-state index in [1.807, 2.05) is 79.3 Å². The van der Waals surface area contributed by atoms with E-state index >= 15 is 0 Å². The molecule has 1 N–H and O–H groups in total. The summed E-state index contributed by atoms with van der Waals surface area (Å²) in [6.45, 7) is 7.76. The maximum Gasteiger partial charge on any atom is 0.322 e. The number of amides is 3. The van der Waals surface area contributed by atoms with Crippen molar-refractivity contribution in [3.05, 3.63) is 65.2 Å². The van der Waals surface area contributed by atoms with E-state index in [9.17, 15) is 9.59 Å². The molecule has 0 unspecified atom stereocenters. The number of hydrogen-bond donors (Lipinski definition) is 1. The molecule has 0 aliphatic carbocycles. The fraction of sp³-hybridized carbons (Fsp3) is 0.462. The molecule has 172 valence electrons. The smallest absolute Gasteiger partial charge is 0.322 e. The van der Waals surface area contributed by atoms with E-state index in [1.54, 1.807) is 0 Å². The lowest BCUT2D eigenvalue weighted by molar-refractivity contribution is 0.0697. The van der Waals surface area contributed by atoms with Crippen molar-refractivity contribution in [3.63, 3.8) is 0 Å². The SMILES string of the molecule is Cc1cc(C(=O)N2CCC(C)CC2)ccc1NC(=O)N(CCN(C)C)Cc1ccccc1. The van der Waals surface area contributed by atoms with Crippen LogP contribution in [-0.2, 0) is 6.54 Å². The number of anilines is 1. The zero-order valence-electron chi connectivity index (χ0n) is 19.8. The molecule has 0 spiro atoms. The van der Waals surface area contributed by atoms with Crippen molar-refractivity contribution >= 4 is 17.6 Å². The van der Waals surface area contributed by atoms with Crippen LogP contribution in [0.5, 0.6) is 0 Å². The van der Waals surface area contributed by atoms with Gasteiger partial charge in [-0.25, -0.2) is 4.79 Å². The van der Waals surface area contributed by atoms with Gasteiger partial charge in [0.05, 0.1) is 0 Å². The summed E-state index contributed by atoms with van der Waals surface area (Å²) in [6.07, 6.45) is 2.12. The lowest BCUT2D eigenvalue weighted by Gasteiger charge is -2.30. The highest BCUT2D eigenvalue weighted by atomic mass is 16.2. The number of likely N-dealkylation sites (N-methyl/N-ethyl adjacent to an activating group) is 1. The van der Waals surface area contributed by atoms with Gasteiger partial charge in [-0.2, -0.15) is 0 Å². The summed E-state index contributed by atoms with van der Waals surface area (Å²) in [5, 5.41) is 3.05. The van der Waals surface area contributed by atoms with Crippen LogP contribution in [0.15, 0.2) is 48.5 Å². The monoisotopic (exact) mass is 436 g/mol. The van der Waals surface area contributed by atoms with Gasteiger partial charge in [-0.1, -0.05) is 37.3 Å². The lowest BCUT2D eigenvalue weighted by atomic mass is 9.98. The molecule has 0 atom stereocenters. The number of benzene rings is 2. The summed E-state index contributed by atoms with van der Waals surface area (Å²) in [4.78, 5) is 31.8. The Hall–Kier alpha value is -2.86. The predicted octanol–water partition coefficient (Wildman–Crippen LogP) is 4.46. The standard InChI is InChI=1S/C26H36N4O2/c1-20-12-14-29(15-13-20)25(31)23-10-11-24(21(2)18-23)27-26(32)30(17-16-28(3)4)19-22-8-6-5-7-9-22/h5-11,18,20H,12-17,19H2,1-4H3,(H,27,32). The molecule has 1 aliphatic heterocycles. The Kier molecular flexibility index (Phi) is 8.28. The van der Waals surface area contributed by atoms with Gasteiger partial charge in [0, 0.05) is 44.0 Å². The molecule has 1 heterocycles. The number of nitrogens with zero attached hydrogens (tertiary/aromatic N) is 3. The van der Waals surface area contributed by atoms with Gasteiger partial charge in [-0.15, -0.1) is 0 Å². The van der Waals surface area contributed by atoms with Gasteiger partial charge in [0.15, 0.2) is 0 Å². The third kappa shape index (κ3) is 6.57. The second-order valence-corrected chi connectivity index (χ2v) is 9.15. The molecule has 2 aromatic rings. The van der Waals surface area contributed by atoms with Crippen LogP contribution in [0, 0.1) is 12.8 Å². The molecular weight excluding hydrogens is 400 g/mol. The molecule has 6 heteroatoms. The second kappa shape index (κ2) is 11.1. The predicted molar refractivity (Wildman–Crippen MR) is 130 cm³/mol. The Morgan fingerprint density at radius 1 is 1.03 bits per heavy atom. The van der Waals surface area contributed by atoms with Crippen molar-refractivity contribution in [2.45, 2.75) is 33.2 Å². The van der Waals surface area contributed by atoms with Crippen molar-refractivity contribution < 1.29 is 9.59 Å². The van der Waals surface area contributed by atoms with E-state index < -0.39 is 0 Å². The zero-order valence-corrected chi connectivity index (χ0v) is 19.8. The number of urea groups is 1. The maximum atomic E-state index is 13.1. The largest absolute Gasteiger partial charge is 0.339 e. The van der Waals surface area contributed by atoms with Crippen molar-refractivity contribution in [1.29, 1.82) is 0 Å². The molecule has 0 aromatic heterocycles. The van der Waals surface area contributed by atoms with Crippen molar-refractivity contribution in [2.24, 2.45) is 5.92 Å². The quantitative estimate of drug-likeness (QED) is 0.697. The third-order valence-electron chi connectivity index (χ3n) is 6.11. The molecule has 1 aliphatic rings. The summed E-state index contributed by atoms with van der Waals surface area (Å²) < 4.78 is 0. The van der Waals surface area contributed by atoms with Crippen LogP contribution in [0.25, 0.3) is 0 Å². The maximum absolute atomic E-state index is 13.1. The summed E-state index contributed by atoms with van der Waals surface area (Å²) in [7, 11) is 4.00. The molecule has 3 amide bonds. The minimum absolute atomic E-state index is 0.0783. The molecule has 2 aromatic carbocycles. The van der Waals surface area contributed by atoms with Gasteiger partial charge in [-0.05, 0) is 69.1 Å². The first-order valence-electron chi connectivity index (χ1n) is 11.5. The Labute approximate surface area is 192 Å². The summed E-state index contributed by atoms with van der Waals surface area (Å²) >= 11 is 0. The van der Waals surface area contributed by atoms with Crippen molar-refractivity contribution in [2.75, 3.05) is 45.6 Å². The van der Waals surface area contributed by atoms with Gasteiger partial charge < -0.3 is 20.0 Å². The van der Waals surface area contributed by atoms with E-state index in [0.29, 0.717) is 24.6 Å². The van der Waals surface area contributed by atoms with Crippen LogP contribution in [0.1, 0.15) is 41.3 Å². The molecule has 1 fully saturated rings. The highest BCUT2D eigenvalue weighted by Gasteiger charge is 2.22. The molecule has 3 rings (SSSR count). The number of carbonyl (C=O) groups is 2. The van der Waals surface area contributed by atoms with Crippen LogP contribution < -0.4 is 5.32 Å². The molecule has 6 nitrogen and oxygen atoms in total. The minimum Gasteiger partial charge on any atom is -0.339 e. The Morgan fingerprint density at radius 2 is 1.72 bits per heavy atom. The van der Waals surface area contributed by atoms with Crippen LogP contribution >= 0.6 is 0 Å². The highest BCUT2D eigenvalue weighted by molar-refractivity contribution is 5.96. The van der Waals surface area contributed by atoms with E-state index in [0.717, 1.165) is 49.3 Å². The number of carbonyl (C=O) groups excluding carboxylic acids is 2. The fourth-order valence-electron chi connectivity index (χ4n) is 3.90. The molecule has 0 saturated carbocycles. The molecule has 32 heavy (non-hydrogen) atoms.